The molecule has 0 bridgehead atoms. The smallest absolute Gasteiger partial charge is 0.410 e. The van der Waals surface area contributed by atoms with E-state index in [1.54, 1.807) is 32.9 Å². The lowest BCUT2D eigenvalue weighted by Gasteiger charge is -2.24. The highest BCUT2D eigenvalue weighted by molar-refractivity contribution is 7.86. The molecule has 134 valence electrons. The average Bonchev–Trinajstić information content (AvgIpc) is 2.78. The van der Waals surface area contributed by atoms with Gasteiger partial charge in [0.2, 0.25) is 0 Å². The summed E-state index contributed by atoms with van der Waals surface area (Å²) in [7, 11) is -3.86. The van der Waals surface area contributed by atoms with E-state index in [9.17, 15) is 13.2 Å². The Morgan fingerprint density at radius 3 is 2.29 bits per heavy atom. The molecule has 1 aliphatic heterocycles. The summed E-state index contributed by atoms with van der Waals surface area (Å²) in [5.41, 5.74) is 0.382. The summed E-state index contributed by atoms with van der Waals surface area (Å²) in [6, 6.07) is 6.49. The molecule has 1 amide bonds. The zero-order chi connectivity index (χ0) is 18.1. The number of amides is 1. The number of carbonyl (C=O) groups is 1. The van der Waals surface area contributed by atoms with Crippen molar-refractivity contribution >= 4 is 16.2 Å². The Kier molecular flexibility index (Phi) is 5.25. The average molecular weight is 355 g/mol. The number of hydrogen-bond donors (Lipinski definition) is 0. The number of carbonyl (C=O) groups excluding carboxylic acids is 1. The predicted octanol–water partition coefficient (Wildman–Crippen LogP) is 2.96. The van der Waals surface area contributed by atoms with Crippen molar-refractivity contribution in [3.63, 3.8) is 0 Å². The van der Waals surface area contributed by atoms with E-state index in [4.69, 9.17) is 8.92 Å². The molecule has 0 radical (unpaired) electrons. The molecule has 1 heterocycles. The van der Waals surface area contributed by atoms with Gasteiger partial charge in [0.25, 0.3) is 10.1 Å². The molecule has 2 rings (SSSR count). The van der Waals surface area contributed by atoms with Crippen LogP contribution in [0.25, 0.3) is 0 Å². The second-order valence-electron chi connectivity index (χ2n) is 7.26. The van der Waals surface area contributed by atoms with Crippen LogP contribution in [-0.4, -0.2) is 44.2 Å². The Hall–Kier alpha value is -1.60. The highest BCUT2D eigenvalue weighted by atomic mass is 32.2. The monoisotopic (exact) mass is 355 g/mol. The van der Waals surface area contributed by atoms with Crippen molar-refractivity contribution < 1.29 is 22.1 Å². The molecule has 0 unspecified atom stereocenters. The molecule has 1 aliphatic rings. The maximum atomic E-state index is 12.4. The molecular formula is C17H25NO5S. The molecule has 0 N–H and O–H groups in total. The van der Waals surface area contributed by atoms with Crippen LogP contribution in [0.15, 0.2) is 29.2 Å². The lowest BCUT2D eigenvalue weighted by Crippen LogP contribution is -2.36. The van der Waals surface area contributed by atoms with Crippen LogP contribution >= 0.6 is 0 Å². The molecular weight excluding hydrogens is 330 g/mol. The summed E-state index contributed by atoms with van der Waals surface area (Å²) in [5.74, 6) is -0.0993. The Morgan fingerprint density at radius 2 is 1.75 bits per heavy atom. The number of nitrogens with zero attached hydrogens (tertiary/aromatic N) is 1. The third kappa shape index (κ3) is 4.70. The number of likely N-dealkylation sites (tertiary alicyclic amines) is 1. The Morgan fingerprint density at radius 1 is 1.17 bits per heavy atom. The van der Waals surface area contributed by atoms with Gasteiger partial charge < -0.3 is 9.64 Å². The van der Waals surface area contributed by atoms with Crippen LogP contribution in [0.2, 0.25) is 0 Å². The third-order valence-corrected chi connectivity index (χ3v) is 5.11. The van der Waals surface area contributed by atoms with Crippen molar-refractivity contribution in [2.45, 2.75) is 51.2 Å². The minimum absolute atomic E-state index is 0.0993. The van der Waals surface area contributed by atoms with Gasteiger partial charge >= 0.3 is 6.09 Å². The highest BCUT2D eigenvalue weighted by Gasteiger charge is 2.38. The molecule has 7 heteroatoms. The van der Waals surface area contributed by atoms with Crippen LogP contribution in [0.4, 0.5) is 4.79 Å². The van der Waals surface area contributed by atoms with Gasteiger partial charge in [-0.3, -0.25) is 4.18 Å². The van der Waals surface area contributed by atoms with Crippen LogP contribution in [0.5, 0.6) is 0 Å². The van der Waals surface area contributed by atoms with E-state index in [-0.39, 0.29) is 17.4 Å². The van der Waals surface area contributed by atoms with Gasteiger partial charge in [-0.1, -0.05) is 24.6 Å². The fraction of sp³-hybridized carbons (Fsp3) is 0.588. The molecule has 0 aliphatic carbocycles. The SMILES string of the molecule is Cc1ccc(S(=O)(=O)O[C@@H]2CN(C(=O)OC(C)(C)C)C[C@@H]2C)cc1. The second-order valence-corrected chi connectivity index (χ2v) is 8.84. The molecule has 1 aromatic rings. The largest absolute Gasteiger partial charge is 0.444 e. The summed E-state index contributed by atoms with van der Waals surface area (Å²) in [6.07, 6.45) is -1.03. The summed E-state index contributed by atoms with van der Waals surface area (Å²) in [5, 5.41) is 0. The Balaban J connectivity index is 2.05. The molecule has 24 heavy (non-hydrogen) atoms. The van der Waals surface area contributed by atoms with Crippen molar-refractivity contribution in [3.8, 4) is 0 Å². The van der Waals surface area contributed by atoms with Gasteiger partial charge in [-0.2, -0.15) is 8.42 Å². The first-order valence-corrected chi connectivity index (χ1v) is 9.37. The van der Waals surface area contributed by atoms with Gasteiger partial charge in [0.15, 0.2) is 0 Å². The molecule has 2 atom stereocenters. The van der Waals surface area contributed by atoms with E-state index in [1.807, 2.05) is 13.8 Å². The maximum Gasteiger partial charge on any atom is 0.410 e. The molecule has 0 saturated carbocycles. The third-order valence-electron chi connectivity index (χ3n) is 3.76. The van der Waals surface area contributed by atoms with Crippen LogP contribution in [0, 0.1) is 12.8 Å². The van der Waals surface area contributed by atoms with Crippen molar-refractivity contribution in [2.75, 3.05) is 13.1 Å². The molecule has 1 aromatic carbocycles. The number of rotatable bonds is 3. The van der Waals surface area contributed by atoms with Gasteiger partial charge in [-0.05, 0) is 39.8 Å². The van der Waals surface area contributed by atoms with Crippen LogP contribution in [-0.2, 0) is 19.0 Å². The minimum atomic E-state index is -3.86. The first-order valence-electron chi connectivity index (χ1n) is 7.96. The number of hydrogen-bond acceptors (Lipinski definition) is 5. The Bertz CT molecular complexity index is 691. The zero-order valence-corrected chi connectivity index (χ0v) is 15.6. The van der Waals surface area contributed by atoms with E-state index in [0.717, 1.165) is 5.56 Å². The Labute approximate surface area is 143 Å². The highest BCUT2D eigenvalue weighted by Crippen LogP contribution is 2.25. The van der Waals surface area contributed by atoms with E-state index in [2.05, 4.69) is 0 Å². The number of ether oxygens (including phenoxy) is 1. The molecule has 6 nitrogen and oxygen atoms in total. The summed E-state index contributed by atoms with van der Waals surface area (Å²) >= 11 is 0. The fourth-order valence-electron chi connectivity index (χ4n) is 2.46. The van der Waals surface area contributed by atoms with Gasteiger partial charge in [-0.15, -0.1) is 0 Å². The standard InChI is InChI=1S/C17H25NO5S/c1-12-6-8-14(9-7-12)24(20,21)23-15-11-18(10-13(15)2)16(19)22-17(3,4)5/h6-9,13,15H,10-11H2,1-5H3/t13-,15+/m0/s1. The molecule has 1 saturated heterocycles. The molecule has 0 spiro atoms. The predicted molar refractivity (Wildman–Crippen MR) is 90.2 cm³/mol. The van der Waals surface area contributed by atoms with Crippen molar-refractivity contribution in [2.24, 2.45) is 5.92 Å². The van der Waals surface area contributed by atoms with Gasteiger partial charge in [0.05, 0.1) is 17.5 Å². The topological polar surface area (TPSA) is 72.9 Å². The molecule has 0 aromatic heterocycles. The number of benzene rings is 1. The first-order chi connectivity index (χ1) is 11.0. The van der Waals surface area contributed by atoms with E-state index >= 15 is 0 Å². The lowest BCUT2D eigenvalue weighted by atomic mass is 10.1. The van der Waals surface area contributed by atoms with E-state index in [1.165, 1.54) is 17.0 Å². The van der Waals surface area contributed by atoms with Crippen LogP contribution < -0.4 is 0 Å². The van der Waals surface area contributed by atoms with Crippen molar-refractivity contribution in [1.29, 1.82) is 0 Å². The zero-order valence-electron chi connectivity index (χ0n) is 14.8. The summed E-state index contributed by atoms with van der Waals surface area (Å²) in [6.45, 7) is 9.72. The number of aryl methyl sites for hydroxylation is 1. The fourth-order valence-corrected chi connectivity index (χ4v) is 3.62. The normalized spacial score (nSPS) is 21.8. The minimum Gasteiger partial charge on any atom is -0.444 e. The van der Waals surface area contributed by atoms with Gasteiger partial charge in [-0.25, -0.2) is 4.79 Å². The van der Waals surface area contributed by atoms with Crippen molar-refractivity contribution in [3.05, 3.63) is 29.8 Å². The first kappa shape index (κ1) is 18.7. The summed E-state index contributed by atoms with van der Waals surface area (Å²) < 4.78 is 35.5. The van der Waals surface area contributed by atoms with E-state index in [0.29, 0.717) is 6.54 Å². The maximum absolute atomic E-state index is 12.4. The lowest BCUT2D eigenvalue weighted by molar-refractivity contribution is 0.0275. The van der Waals surface area contributed by atoms with Crippen LogP contribution in [0.1, 0.15) is 33.3 Å². The quantitative estimate of drug-likeness (QED) is 0.780. The van der Waals surface area contributed by atoms with E-state index < -0.39 is 27.9 Å². The summed E-state index contributed by atoms with van der Waals surface area (Å²) in [4.78, 5) is 13.7. The van der Waals surface area contributed by atoms with Gasteiger partial charge in [0, 0.05) is 12.5 Å². The van der Waals surface area contributed by atoms with Gasteiger partial charge in [0.1, 0.15) is 5.60 Å². The molecule has 1 fully saturated rings. The second kappa shape index (κ2) is 6.72. The van der Waals surface area contributed by atoms with Crippen LogP contribution in [0.3, 0.4) is 0 Å². The van der Waals surface area contributed by atoms with Crippen molar-refractivity contribution in [1.82, 2.24) is 4.90 Å².